The number of hydrogen-bond acceptors (Lipinski definition) is 5. The molecule has 2 unspecified atom stereocenters. The molecule has 1 saturated carbocycles. The highest BCUT2D eigenvalue weighted by Gasteiger charge is 2.22. The van der Waals surface area contributed by atoms with Gasteiger partial charge in [-0.15, -0.1) is 0 Å². The third-order valence-electron chi connectivity index (χ3n) is 2.66. The van der Waals surface area contributed by atoms with E-state index in [1.807, 2.05) is 0 Å². The lowest BCUT2D eigenvalue weighted by atomic mass is 10.2. The number of nitrogens with zero attached hydrogens (tertiary/aromatic N) is 2. The van der Waals surface area contributed by atoms with Crippen LogP contribution in [-0.4, -0.2) is 28.7 Å². The van der Waals surface area contributed by atoms with E-state index < -0.39 is 6.61 Å². The average Bonchev–Trinajstić information content (AvgIpc) is 2.66. The minimum absolute atomic E-state index is 0.0475. The third kappa shape index (κ3) is 3.48. The average molecular weight is 244 g/mol. The Labute approximate surface area is 97.4 Å². The Bertz CT molecular complexity index is 360. The molecule has 2 rings (SSSR count). The van der Waals surface area contributed by atoms with Gasteiger partial charge in [0.1, 0.15) is 0 Å². The van der Waals surface area contributed by atoms with Gasteiger partial charge < -0.3 is 15.8 Å². The lowest BCUT2D eigenvalue weighted by Crippen LogP contribution is -2.21. The Balaban J connectivity index is 1.89. The third-order valence-corrected chi connectivity index (χ3v) is 2.66. The van der Waals surface area contributed by atoms with Crippen molar-refractivity contribution in [1.82, 2.24) is 9.97 Å². The summed E-state index contributed by atoms with van der Waals surface area (Å²) in [5.41, 5.74) is 5.77. The highest BCUT2D eigenvalue weighted by Crippen LogP contribution is 2.20. The molecule has 5 nitrogen and oxygen atoms in total. The first kappa shape index (κ1) is 12.0. The predicted molar refractivity (Wildman–Crippen MR) is 57.9 cm³/mol. The maximum atomic E-state index is 11.9. The molecule has 1 aromatic rings. The summed E-state index contributed by atoms with van der Waals surface area (Å²) in [5, 5.41) is 3.11. The molecule has 1 aromatic heterocycles. The van der Waals surface area contributed by atoms with Gasteiger partial charge in [-0.05, 0) is 19.3 Å². The summed E-state index contributed by atoms with van der Waals surface area (Å²) in [6.07, 6.45) is 5.26. The number of aromatic nitrogens is 2. The predicted octanol–water partition coefficient (Wildman–Crippen LogP) is 1.37. The van der Waals surface area contributed by atoms with E-state index in [0.717, 1.165) is 19.3 Å². The monoisotopic (exact) mass is 244 g/mol. The van der Waals surface area contributed by atoms with Crippen molar-refractivity contribution < 1.29 is 13.5 Å². The van der Waals surface area contributed by atoms with E-state index in [-0.39, 0.29) is 17.8 Å². The molecule has 1 aliphatic carbocycles. The summed E-state index contributed by atoms with van der Waals surface area (Å²) in [6.45, 7) is -2.86. The van der Waals surface area contributed by atoms with Crippen LogP contribution in [-0.2, 0) is 0 Å². The highest BCUT2D eigenvalue weighted by molar-refractivity contribution is 5.28. The summed E-state index contributed by atoms with van der Waals surface area (Å²) >= 11 is 0. The van der Waals surface area contributed by atoms with Crippen LogP contribution >= 0.6 is 0 Å². The molecule has 0 saturated heterocycles. The van der Waals surface area contributed by atoms with Gasteiger partial charge in [0.15, 0.2) is 5.75 Å². The van der Waals surface area contributed by atoms with Crippen molar-refractivity contribution in [3.8, 4) is 5.75 Å². The number of hydrogen-bond donors (Lipinski definition) is 2. The van der Waals surface area contributed by atoms with Crippen molar-refractivity contribution in [2.24, 2.45) is 5.73 Å². The number of nitrogens with one attached hydrogen (secondary N) is 1. The van der Waals surface area contributed by atoms with Gasteiger partial charge in [-0.25, -0.2) is 9.97 Å². The molecule has 0 amide bonds. The quantitative estimate of drug-likeness (QED) is 0.836. The number of anilines is 1. The van der Waals surface area contributed by atoms with Crippen molar-refractivity contribution in [2.45, 2.75) is 38.0 Å². The lowest BCUT2D eigenvalue weighted by Gasteiger charge is -2.12. The summed E-state index contributed by atoms with van der Waals surface area (Å²) in [5.74, 6) is 0.361. The maximum Gasteiger partial charge on any atom is 0.387 e. The Kier molecular flexibility index (Phi) is 3.68. The summed E-state index contributed by atoms with van der Waals surface area (Å²) in [6, 6.07) is 0.473. The van der Waals surface area contributed by atoms with Crippen LogP contribution in [0.25, 0.3) is 0 Å². The number of alkyl halides is 2. The van der Waals surface area contributed by atoms with Gasteiger partial charge in [0, 0.05) is 12.1 Å². The van der Waals surface area contributed by atoms with Crippen LogP contribution in [0.1, 0.15) is 19.3 Å². The molecular weight excluding hydrogens is 230 g/mol. The van der Waals surface area contributed by atoms with Gasteiger partial charge in [0.2, 0.25) is 5.95 Å². The Morgan fingerprint density at radius 1 is 1.35 bits per heavy atom. The fourth-order valence-electron chi connectivity index (χ4n) is 1.88. The van der Waals surface area contributed by atoms with Crippen LogP contribution in [0.2, 0.25) is 0 Å². The minimum atomic E-state index is -2.86. The van der Waals surface area contributed by atoms with Gasteiger partial charge in [-0.1, -0.05) is 0 Å². The second-order valence-electron chi connectivity index (χ2n) is 4.04. The zero-order valence-corrected chi connectivity index (χ0v) is 9.14. The first-order chi connectivity index (χ1) is 8.13. The standard InChI is InChI=1S/C10H14F2N4O/c11-9(12)17-8-4-14-10(15-5-8)16-7-2-1-6(13)3-7/h4-7,9H,1-3,13H2,(H,14,15,16). The van der Waals surface area contributed by atoms with Crippen molar-refractivity contribution >= 4 is 5.95 Å². The van der Waals surface area contributed by atoms with Crippen LogP contribution < -0.4 is 15.8 Å². The zero-order chi connectivity index (χ0) is 12.3. The van der Waals surface area contributed by atoms with Gasteiger partial charge >= 0.3 is 6.61 Å². The van der Waals surface area contributed by atoms with Crippen molar-refractivity contribution in [3.05, 3.63) is 12.4 Å². The van der Waals surface area contributed by atoms with Crippen molar-refractivity contribution in [1.29, 1.82) is 0 Å². The van der Waals surface area contributed by atoms with Crippen LogP contribution in [0, 0.1) is 0 Å². The lowest BCUT2D eigenvalue weighted by molar-refractivity contribution is -0.0503. The molecule has 17 heavy (non-hydrogen) atoms. The molecule has 7 heteroatoms. The molecule has 1 fully saturated rings. The molecule has 2 atom stereocenters. The molecule has 94 valence electrons. The van der Waals surface area contributed by atoms with E-state index in [9.17, 15) is 8.78 Å². The molecule has 1 aliphatic rings. The maximum absolute atomic E-state index is 11.9. The van der Waals surface area contributed by atoms with Crippen LogP contribution in [0.3, 0.4) is 0 Å². The minimum Gasteiger partial charge on any atom is -0.432 e. The zero-order valence-electron chi connectivity index (χ0n) is 9.14. The van der Waals surface area contributed by atoms with Gasteiger partial charge in [0.25, 0.3) is 0 Å². The Morgan fingerprint density at radius 3 is 2.59 bits per heavy atom. The Morgan fingerprint density at radius 2 is 2.06 bits per heavy atom. The fourth-order valence-corrected chi connectivity index (χ4v) is 1.88. The largest absolute Gasteiger partial charge is 0.432 e. The van der Waals surface area contributed by atoms with E-state index in [1.54, 1.807) is 0 Å². The molecule has 0 aromatic carbocycles. The molecular formula is C10H14F2N4O. The van der Waals surface area contributed by atoms with Gasteiger partial charge in [-0.2, -0.15) is 8.78 Å². The molecule has 0 aliphatic heterocycles. The smallest absolute Gasteiger partial charge is 0.387 e. The van der Waals surface area contributed by atoms with E-state index in [1.165, 1.54) is 12.4 Å². The first-order valence-electron chi connectivity index (χ1n) is 5.42. The second-order valence-corrected chi connectivity index (χ2v) is 4.04. The SMILES string of the molecule is NC1CCC(Nc2ncc(OC(F)F)cn2)C1. The second kappa shape index (κ2) is 5.22. The first-order valence-corrected chi connectivity index (χ1v) is 5.42. The normalized spacial score (nSPS) is 24.0. The molecule has 3 N–H and O–H groups in total. The van der Waals surface area contributed by atoms with Crippen LogP contribution in [0.15, 0.2) is 12.4 Å². The number of halogens is 2. The molecule has 0 radical (unpaired) electrons. The van der Waals surface area contributed by atoms with E-state index >= 15 is 0 Å². The number of nitrogens with two attached hydrogens (primary N) is 1. The van der Waals surface area contributed by atoms with Gasteiger partial charge in [0.05, 0.1) is 12.4 Å². The summed E-state index contributed by atoms with van der Waals surface area (Å²) in [7, 11) is 0. The van der Waals surface area contributed by atoms with E-state index in [2.05, 4.69) is 20.0 Å². The van der Waals surface area contributed by atoms with Gasteiger partial charge in [-0.3, -0.25) is 0 Å². The topological polar surface area (TPSA) is 73.1 Å². The number of ether oxygens (including phenoxy) is 1. The molecule has 0 bridgehead atoms. The summed E-state index contributed by atoms with van der Waals surface area (Å²) < 4.78 is 27.9. The van der Waals surface area contributed by atoms with Crippen molar-refractivity contribution in [3.63, 3.8) is 0 Å². The highest BCUT2D eigenvalue weighted by atomic mass is 19.3. The van der Waals surface area contributed by atoms with Crippen LogP contribution in [0.5, 0.6) is 5.75 Å². The Hall–Kier alpha value is -1.50. The number of rotatable bonds is 4. The van der Waals surface area contributed by atoms with E-state index in [0.29, 0.717) is 5.95 Å². The molecule has 1 heterocycles. The molecule has 0 spiro atoms. The van der Waals surface area contributed by atoms with E-state index in [4.69, 9.17) is 5.73 Å². The fraction of sp³-hybridized carbons (Fsp3) is 0.600. The van der Waals surface area contributed by atoms with Crippen LogP contribution in [0.4, 0.5) is 14.7 Å². The summed E-state index contributed by atoms with van der Waals surface area (Å²) in [4.78, 5) is 7.80. The van der Waals surface area contributed by atoms with Crippen molar-refractivity contribution in [2.75, 3.05) is 5.32 Å².